The molecule has 0 aliphatic carbocycles. The van der Waals surface area contributed by atoms with Gasteiger partial charge in [0.1, 0.15) is 11.9 Å². The van der Waals surface area contributed by atoms with Crippen molar-refractivity contribution in [3.8, 4) is 0 Å². The van der Waals surface area contributed by atoms with E-state index in [1.165, 1.54) is 4.90 Å². The number of anilines is 2. The molecule has 0 bridgehead atoms. The lowest BCUT2D eigenvalue weighted by molar-refractivity contribution is -0.170. The molecule has 0 radical (unpaired) electrons. The molecule has 2 N–H and O–H groups in total. The number of likely N-dealkylation sites (N-methyl/N-ethyl adjacent to an activating group) is 1. The Balaban J connectivity index is 1.61. The van der Waals surface area contributed by atoms with E-state index in [-0.39, 0.29) is 30.1 Å². The molecule has 3 aromatic rings. The van der Waals surface area contributed by atoms with Gasteiger partial charge < -0.3 is 10.3 Å². The smallest absolute Gasteiger partial charge is 0.252 e. The number of pyridine rings is 1. The average molecular weight is 489 g/mol. The van der Waals surface area contributed by atoms with Gasteiger partial charge in [-0.1, -0.05) is 37.3 Å². The lowest BCUT2D eigenvalue weighted by Gasteiger charge is -2.46. The van der Waals surface area contributed by atoms with E-state index in [9.17, 15) is 14.4 Å². The quantitative estimate of drug-likeness (QED) is 0.488. The highest BCUT2D eigenvalue weighted by Gasteiger charge is 2.55. The molecule has 1 aromatic carbocycles. The summed E-state index contributed by atoms with van der Waals surface area (Å²) >= 11 is 0. The van der Waals surface area contributed by atoms with Gasteiger partial charge in [-0.15, -0.1) is 0 Å². The van der Waals surface area contributed by atoms with Crippen molar-refractivity contribution >= 4 is 29.4 Å². The Hall–Kier alpha value is -4.01. The summed E-state index contributed by atoms with van der Waals surface area (Å²) in [7, 11) is 3.42. The zero-order valence-corrected chi connectivity index (χ0v) is 21.1. The maximum atomic E-state index is 13.6. The number of carbonyl (C=O) groups is 3. The molecular weight excluding hydrogens is 456 g/mol. The summed E-state index contributed by atoms with van der Waals surface area (Å²) in [6.45, 7) is 3.84. The Morgan fingerprint density at radius 2 is 1.92 bits per heavy atom. The first-order chi connectivity index (χ1) is 17.2. The van der Waals surface area contributed by atoms with Crippen molar-refractivity contribution in [3.63, 3.8) is 0 Å². The third-order valence-electron chi connectivity index (χ3n) is 6.77. The van der Waals surface area contributed by atoms with Crippen LogP contribution in [0.5, 0.6) is 0 Å². The van der Waals surface area contributed by atoms with Crippen molar-refractivity contribution in [2.45, 2.75) is 45.1 Å². The molecule has 1 fully saturated rings. The molecule has 36 heavy (non-hydrogen) atoms. The summed E-state index contributed by atoms with van der Waals surface area (Å²) in [4.78, 5) is 51.4. The lowest BCUT2D eigenvalue weighted by Crippen LogP contribution is -2.69. The predicted molar refractivity (Wildman–Crippen MR) is 137 cm³/mol. The zero-order chi connectivity index (χ0) is 26.0. The number of nitrogen functional groups attached to an aromatic ring is 1. The number of hydrogen-bond donors (Lipinski definition) is 1. The summed E-state index contributed by atoms with van der Waals surface area (Å²) < 4.78 is 1.74. The minimum atomic E-state index is -0.917. The summed E-state index contributed by atoms with van der Waals surface area (Å²) in [5, 5.41) is 0. The normalized spacial score (nSPS) is 18.0. The third-order valence-corrected chi connectivity index (χ3v) is 6.77. The molecule has 1 aliphatic heterocycles. The summed E-state index contributed by atoms with van der Waals surface area (Å²) in [6, 6.07) is 12.4. The van der Waals surface area contributed by atoms with Crippen LogP contribution in [0.3, 0.4) is 0 Å². The number of benzene rings is 1. The summed E-state index contributed by atoms with van der Waals surface area (Å²) in [5.74, 6) is -0.949. The van der Waals surface area contributed by atoms with E-state index in [2.05, 4.69) is 9.97 Å². The van der Waals surface area contributed by atoms with Crippen LogP contribution in [0.15, 0.2) is 55.0 Å². The first-order valence-electron chi connectivity index (χ1n) is 12.1. The molecule has 9 heteroatoms. The number of likely N-dealkylation sites (tertiary alicyclic amines) is 1. The van der Waals surface area contributed by atoms with E-state index in [1.54, 1.807) is 30.2 Å². The van der Waals surface area contributed by atoms with E-state index in [1.807, 2.05) is 57.3 Å². The van der Waals surface area contributed by atoms with Crippen LogP contribution in [0.4, 0.5) is 11.6 Å². The van der Waals surface area contributed by atoms with Crippen LogP contribution in [0.1, 0.15) is 42.5 Å². The van der Waals surface area contributed by atoms with Crippen LogP contribution in [-0.4, -0.2) is 50.2 Å². The van der Waals surface area contributed by atoms with Crippen molar-refractivity contribution in [1.82, 2.24) is 19.4 Å². The van der Waals surface area contributed by atoms with Crippen LogP contribution in [0.25, 0.3) is 0 Å². The number of nitrogens with zero attached hydrogens (tertiary/aromatic N) is 5. The molecular formula is C27H32N6O3. The van der Waals surface area contributed by atoms with E-state index >= 15 is 0 Å². The molecule has 3 amide bonds. The minimum Gasteiger partial charge on any atom is -0.384 e. The van der Waals surface area contributed by atoms with E-state index in [4.69, 9.17) is 5.73 Å². The molecule has 3 atom stereocenters. The highest BCUT2D eigenvalue weighted by atomic mass is 16.2. The average Bonchev–Trinajstić information content (AvgIpc) is 3.29. The standard InChI is InChI=1S/C27H32N6O3/c1-5-19(20-9-7-6-8-10-20)14-24(34)33-25(27(36)32(4)23-15-31(3)16-29-23)21(26(33)35)12-18-11-17(2)30-22(28)13-18/h6-11,13,15-16,19,21,25H,5,12,14H2,1-4H3,(H2,28,30)/t19-,21+,25-/m0/s1. The maximum Gasteiger partial charge on any atom is 0.252 e. The van der Waals surface area contributed by atoms with Gasteiger partial charge in [0.2, 0.25) is 11.8 Å². The van der Waals surface area contributed by atoms with Crippen molar-refractivity contribution in [2.75, 3.05) is 17.7 Å². The molecule has 2 aromatic heterocycles. The third kappa shape index (κ3) is 5.00. The lowest BCUT2D eigenvalue weighted by atomic mass is 9.80. The van der Waals surface area contributed by atoms with Crippen molar-refractivity contribution in [3.05, 3.63) is 71.8 Å². The predicted octanol–water partition coefficient (Wildman–Crippen LogP) is 2.85. The van der Waals surface area contributed by atoms with Crippen molar-refractivity contribution in [1.29, 1.82) is 0 Å². The number of rotatable bonds is 8. The zero-order valence-electron chi connectivity index (χ0n) is 21.1. The van der Waals surface area contributed by atoms with Crippen LogP contribution < -0.4 is 10.6 Å². The van der Waals surface area contributed by atoms with Gasteiger partial charge in [-0.2, -0.15) is 0 Å². The van der Waals surface area contributed by atoms with Gasteiger partial charge >= 0.3 is 0 Å². The second kappa shape index (κ2) is 10.3. The Morgan fingerprint density at radius 3 is 2.53 bits per heavy atom. The molecule has 0 unspecified atom stereocenters. The van der Waals surface area contributed by atoms with Crippen LogP contribution in [0.2, 0.25) is 0 Å². The number of hydrogen-bond acceptors (Lipinski definition) is 6. The van der Waals surface area contributed by atoms with Gasteiger partial charge in [-0.25, -0.2) is 9.97 Å². The fraction of sp³-hybridized carbons (Fsp3) is 0.370. The number of aromatic nitrogens is 3. The van der Waals surface area contributed by atoms with Crippen molar-refractivity contribution < 1.29 is 14.4 Å². The first kappa shape index (κ1) is 25.1. The van der Waals surface area contributed by atoms with Gasteiger partial charge in [-0.05, 0) is 48.9 Å². The van der Waals surface area contributed by atoms with Crippen LogP contribution in [0, 0.1) is 12.8 Å². The number of carbonyl (C=O) groups excluding carboxylic acids is 3. The Bertz CT molecular complexity index is 1250. The first-order valence-corrected chi connectivity index (χ1v) is 12.1. The molecule has 188 valence electrons. The van der Waals surface area contributed by atoms with E-state index < -0.39 is 12.0 Å². The maximum absolute atomic E-state index is 13.6. The largest absolute Gasteiger partial charge is 0.384 e. The fourth-order valence-corrected chi connectivity index (χ4v) is 4.86. The molecule has 1 saturated heterocycles. The molecule has 3 heterocycles. The van der Waals surface area contributed by atoms with Gasteiger partial charge in [0.25, 0.3) is 5.91 Å². The number of imidazole rings is 1. The van der Waals surface area contributed by atoms with Gasteiger partial charge in [0, 0.05) is 32.4 Å². The van der Waals surface area contributed by atoms with Crippen LogP contribution >= 0.6 is 0 Å². The number of amides is 3. The number of imide groups is 1. The van der Waals surface area contributed by atoms with Crippen LogP contribution in [-0.2, 0) is 27.9 Å². The molecule has 0 saturated carbocycles. The summed E-state index contributed by atoms with van der Waals surface area (Å²) in [6.07, 6.45) is 4.49. The molecule has 0 spiro atoms. The fourth-order valence-electron chi connectivity index (χ4n) is 4.86. The number of β-lactam (4-membered cyclic amide) rings is 1. The van der Waals surface area contributed by atoms with E-state index in [0.29, 0.717) is 18.1 Å². The monoisotopic (exact) mass is 488 g/mol. The number of nitrogens with two attached hydrogens (primary N) is 1. The number of aryl methyl sites for hydroxylation is 2. The topological polar surface area (TPSA) is 114 Å². The second-order valence-electron chi connectivity index (χ2n) is 9.41. The molecule has 1 aliphatic rings. The minimum absolute atomic E-state index is 0.0440. The van der Waals surface area contributed by atoms with Crippen molar-refractivity contribution in [2.24, 2.45) is 13.0 Å². The Kier molecular flexibility index (Phi) is 7.19. The van der Waals surface area contributed by atoms with Gasteiger partial charge in [0.05, 0.1) is 12.2 Å². The van der Waals surface area contributed by atoms with E-state index in [0.717, 1.165) is 28.1 Å². The highest BCUT2D eigenvalue weighted by molar-refractivity contribution is 6.12. The van der Waals surface area contributed by atoms with Gasteiger partial charge in [0.15, 0.2) is 5.82 Å². The highest BCUT2D eigenvalue weighted by Crippen LogP contribution is 2.35. The molecule has 9 nitrogen and oxygen atoms in total. The van der Waals surface area contributed by atoms with Gasteiger partial charge in [-0.3, -0.25) is 24.2 Å². The summed E-state index contributed by atoms with van der Waals surface area (Å²) in [5.41, 5.74) is 8.47. The Morgan fingerprint density at radius 1 is 1.19 bits per heavy atom. The Labute approximate surface area is 210 Å². The second-order valence-corrected chi connectivity index (χ2v) is 9.41. The molecule has 4 rings (SSSR count). The SMILES string of the molecule is CC[C@@H](CC(=O)N1C(=O)[C@H](Cc2cc(C)nc(N)c2)[C@H]1C(=O)N(C)c1cn(C)cn1)c1ccccc1.